The van der Waals surface area contributed by atoms with Crippen LogP contribution in [0.5, 0.6) is 0 Å². The van der Waals surface area contributed by atoms with Crippen LogP contribution in [0.2, 0.25) is 0 Å². The van der Waals surface area contributed by atoms with Crippen LogP contribution in [0.1, 0.15) is 5.56 Å². The van der Waals surface area contributed by atoms with Gasteiger partial charge in [0, 0.05) is 24.6 Å². The summed E-state index contributed by atoms with van der Waals surface area (Å²) in [7, 11) is 0. The summed E-state index contributed by atoms with van der Waals surface area (Å²) in [5, 5.41) is 0. The number of halogens is 1. The maximum atomic E-state index is 13.2. The van der Waals surface area contributed by atoms with Gasteiger partial charge in [0.1, 0.15) is 19.0 Å². The normalized spacial score (nSPS) is 14.4. The van der Waals surface area contributed by atoms with E-state index in [0.29, 0.717) is 18.8 Å². The van der Waals surface area contributed by atoms with Gasteiger partial charge in [-0.15, -0.1) is 0 Å². The fraction of sp³-hybridized carbons (Fsp3) is 0.278. The quantitative estimate of drug-likeness (QED) is 0.828. The molecule has 2 heterocycles. The number of morpholine rings is 1. The molecule has 1 fully saturated rings. The van der Waals surface area contributed by atoms with Gasteiger partial charge in [0.25, 0.3) is 0 Å². The first-order valence-corrected chi connectivity index (χ1v) is 7.94. The molecule has 0 atom stereocenters. The molecule has 6 nitrogen and oxygen atoms in total. The van der Waals surface area contributed by atoms with E-state index < -0.39 is 0 Å². The predicted octanol–water partition coefficient (Wildman–Crippen LogP) is 1.61. The van der Waals surface area contributed by atoms with Crippen LogP contribution in [-0.4, -0.2) is 48.0 Å². The first-order chi connectivity index (χ1) is 12.1. The van der Waals surface area contributed by atoms with Crippen LogP contribution in [0.4, 0.5) is 10.1 Å². The topological polar surface area (TPSA) is 62.7 Å². The highest BCUT2D eigenvalue weighted by atomic mass is 19.1. The predicted molar refractivity (Wildman–Crippen MR) is 89.2 cm³/mol. The third-order valence-electron chi connectivity index (χ3n) is 3.91. The SMILES string of the molecule is O=C1COCCN1CC(=O)N(Cc1cccnc1)c1ccc(F)cc1. The molecule has 1 aliphatic rings. The van der Waals surface area contributed by atoms with Crippen molar-refractivity contribution in [2.24, 2.45) is 0 Å². The van der Waals surface area contributed by atoms with Crippen LogP contribution in [0.15, 0.2) is 48.8 Å². The molecule has 1 aromatic heterocycles. The van der Waals surface area contributed by atoms with E-state index in [1.165, 1.54) is 21.9 Å². The molecule has 0 bridgehead atoms. The summed E-state index contributed by atoms with van der Waals surface area (Å²) in [6.45, 7) is 1.04. The lowest BCUT2D eigenvalue weighted by atomic mass is 10.2. The Hall–Kier alpha value is -2.80. The van der Waals surface area contributed by atoms with Crippen LogP contribution >= 0.6 is 0 Å². The van der Waals surface area contributed by atoms with Crippen molar-refractivity contribution in [3.8, 4) is 0 Å². The average Bonchev–Trinajstić information content (AvgIpc) is 2.63. The van der Waals surface area contributed by atoms with Gasteiger partial charge in [0.15, 0.2) is 0 Å². The molecular weight excluding hydrogens is 325 g/mol. The van der Waals surface area contributed by atoms with Crippen LogP contribution in [0.3, 0.4) is 0 Å². The molecule has 0 unspecified atom stereocenters. The number of hydrogen-bond donors (Lipinski definition) is 0. The van der Waals surface area contributed by atoms with Gasteiger partial charge < -0.3 is 14.5 Å². The highest BCUT2D eigenvalue weighted by Gasteiger charge is 2.24. The third kappa shape index (κ3) is 4.39. The van der Waals surface area contributed by atoms with Crippen molar-refractivity contribution >= 4 is 17.5 Å². The maximum absolute atomic E-state index is 13.2. The van der Waals surface area contributed by atoms with Crippen LogP contribution in [0.25, 0.3) is 0 Å². The van der Waals surface area contributed by atoms with Crippen molar-refractivity contribution in [2.45, 2.75) is 6.54 Å². The monoisotopic (exact) mass is 343 g/mol. The summed E-state index contributed by atoms with van der Waals surface area (Å²) in [5.74, 6) is -0.827. The molecule has 130 valence electrons. The number of pyridine rings is 1. The largest absolute Gasteiger partial charge is 0.370 e. The first-order valence-electron chi connectivity index (χ1n) is 7.94. The average molecular weight is 343 g/mol. The Kier molecular flexibility index (Phi) is 5.35. The molecule has 3 rings (SSSR count). The number of carbonyl (C=O) groups is 2. The molecule has 1 saturated heterocycles. The Labute approximate surface area is 144 Å². The van der Waals surface area contributed by atoms with Gasteiger partial charge in [-0.05, 0) is 35.9 Å². The van der Waals surface area contributed by atoms with Gasteiger partial charge in [0.05, 0.1) is 13.2 Å². The Balaban J connectivity index is 1.80. The summed E-state index contributed by atoms with van der Waals surface area (Å²) >= 11 is 0. The zero-order valence-electron chi connectivity index (χ0n) is 13.6. The second-order valence-corrected chi connectivity index (χ2v) is 5.69. The number of hydrogen-bond acceptors (Lipinski definition) is 4. The van der Waals surface area contributed by atoms with Crippen LogP contribution in [-0.2, 0) is 20.9 Å². The van der Waals surface area contributed by atoms with E-state index in [0.717, 1.165) is 5.56 Å². The molecule has 2 amide bonds. The fourth-order valence-corrected chi connectivity index (χ4v) is 2.58. The molecule has 25 heavy (non-hydrogen) atoms. The number of amides is 2. The lowest BCUT2D eigenvalue weighted by Crippen LogP contribution is -2.47. The highest BCUT2D eigenvalue weighted by Crippen LogP contribution is 2.18. The summed E-state index contributed by atoms with van der Waals surface area (Å²) in [6.07, 6.45) is 3.32. The standard InChI is InChI=1S/C18H18FN3O3/c19-15-3-5-16(6-4-15)22(11-14-2-1-7-20-10-14)17(23)12-21-8-9-25-13-18(21)24/h1-7,10H,8-9,11-13H2. The Morgan fingerprint density at radius 3 is 2.76 bits per heavy atom. The van der Waals surface area contributed by atoms with Gasteiger partial charge in [-0.25, -0.2) is 4.39 Å². The molecule has 1 aromatic carbocycles. The van der Waals surface area contributed by atoms with Crippen molar-refractivity contribution in [3.63, 3.8) is 0 Å². The molecule has 1 aliphatic heterocycles. The van der Waals surface area contributed by atoms with Gasteiger partial charge >= 0.3 is 0 Å². The van der Waals surface area contributed by atoms with E-state index >= 15 is 0 Å². The molecule has 0 spiro atoms. The number of benzene rings is 1. The van der Waals surface area contributed by atoms with E-state index in [4.69, 9.17) is 4.74 Å². The molecule has 0 radical (unpaired) electrons. The molecule has 0 saturated carbocycles. The minimum Gasteiger partial charge on any atom is -0.370 e. The van der Waals surface area contributed by atoms with E-state index in [1.807, 2.05) is 6.07 Å². The van der Waals surface area contributed by atoms with Gasteiger partial charge in [-0.2, -0.15) is 0 Å². The minimum atomic E-state index is -0.374. The van der Waals surface area contributed by atoms with Crippen LogP contribution in [0, 0.1) is 5.82 Å². The lowest BCUT2D eigenvalue weighted by Gasteiger charge is -2.30. The fourth-order valence-electron chi connectivity index (χ4n) is 2.58. The Morgan fingerprint density at radius 1 is 1.28 bits per heavy atom. The van der Waals surface area contributed by atoms with Gasteiger partial charge in [-0.3, -0.25) is 14.6 Å². The van der Waals surface area contributed by atoms with Crippen molar-refractivity contribution in [2.75, 3.05) is 31.2 Å². The summed E-state index contributed by atoms with van der Waals surface area (Å²) in [6, 6.07) is 9.35. The smallest absolute Gasteiger partial charge is 0.249 e. The second-order valence-electron chi connectivity index (χ2n) is 5.69. The number of ether oxygens (including phenoxy) is 1. The van der Waals surface area contributed by atoms with E-state index in [1.54, 1.807) is 30.6 Å². The second kappa shape index (κ2) is 7.85. The number of anilines is 1. The molecular formula is C18H18FN3O3. The van der Waals surface area contributed by atoms with Crippen molar-refractivity contribution in [1.29, 1.82) is 0 Å². The summed E-state index contributed by atoms with van der Waals surface area (Å²) in [5.41, 5.74) is 1.41. The molecule has 2 aromatic rings. The van der Waals surface area contributed by atoms with Gasteiger partial charge in [0.2, 0.25) is 11.8 Å². The summed E-state index contributed by atoms with van der Waals surface area (Å²) in [4.78, 5) is 31.7. The number of carbonyl (C=O) groups excluding carboxylic acids is 2. The highest BCUT2D eigenvalue weighted by molar-refractivity contribution is 5.96. The van der Waals surface area contributed by atoms with Crippen molar-refractivity contribution in [1.82, 2.24) is 9.88 Å². The summed E-state index contributed by atoms with van der Waals surface area (Å²) < 4.78 is 18.3. The maximum Gasteiger partial charge on any atom is 0.249 e. The zero-order chi connectivity index (χ0) is 17.6. The van der Waals surface area contributed by atoms with E-state index in [-0.39, 0.29) is 37.3 Å². The zero-order valence-corrected chi connectivity index (χ0v) is 13.6. The first kappa shape index (κ1) is 17.0. The Bertz CT molecular complexity index is 737. The minimum absolute atomic E-state index is 0.00751. The van der Waals surface area contributed by atoms with E-state index in [2.05, 4.69) is 4.98 Å². The Morgan fingerprint density at radius 2 is 2.08 bits per heavy atom. The van der Waals surface area contributed by atoms with Crippen molar-refractivity contribution < 1.29 is 18.7 Å². The molecule has 7 heteroatoms. The number of aromatic nitrogens is 1. The van der Waals surface area contributed by atoms with Gasteiger partial charge in [-0.1, -0.05) is 6.07 Å². The van der Waals surface area contributed by atoms with Crippen molar-refractivity contribution in [3.05, 3.63) is 60.2 Å². The van der Waals surface area contributed by atoms with E-state index in [9.17, 15) is 14.0 Å². The third-order valence-corrected chi connectivity index (χ3v) is 3.91. The molecule has 0 N–H and O–H groups in total. The number of nitrogens with zero attached hydrogens (tertiary/aromatic N) is 3. The molecule has 0 aliphatic carbocycles. The lowest BCUT2D eigenvalue weighted by molar-refractivity contribution is -0.145. The number of rotatable bonds is 5. The van der Waals surface area contributed by atoms with Crippen LogP contribution < -0.4 is 4.90 Å².